The van der Waals surface area contributed by atoms with E-state index in [0.717, 1.165) is 54.2 Å². The summed E-state index contributed by atoms with van der Waals surface area (Å²) in [6.07, 6.45) is 3.68. The molecule has 20 nitrogen and oxygen atoms in total. The summed E-state index contributed by atoms with van der Waals surface area (Å²) in [4.78, 5) is 62.3. The van der Waals surface area contributed by atoms with E-state index in [1.165, 1.54) is 52.2 Å². The van der Waals surface area contributed by atoms with Crippen LogP contribution < -0.4 is 127 Å². The molecule has 572 valence electrons. The number of rotatable bonds is 12. The van der Waals surface area contributed by atoms with Crippen LogP contribution >= 0.6 is 63.2 Å². The van der Waals surface area contributed by atoms with E-state index in [4.69, 9.17) is 54.5 Å². The van der Waals surface area contributed by atoms with Gasteiger partial charge in [-0.25, -0.2) is 31.4 Å². The summed E-state index contributed by atoms with van der Waals surface area (Å²) < 4.78 is 105. The van der Waals surface area contributed by atoms with Crippen LogP contribution in [0.3, 0.4) is 0 Å². The van der Waals surface area contributed by atoms with Crippen molar-refractivity contribution in [1.82, 2.24) is 0 Å². The zero-order chi connectivity index (χ0) is 84.3. The molecule has 112 heavy (non-hydrogen) atoms. The zero-order valence-electron chi connectivity index (χ0n) is 62.1. The summed E-state index contributed by atoms with van der Waals surface area (Å²) in [5.74, 6) is 62.0. The van der Waals surface area contributed by atoms with Crippen LogP contribution in [0.15, 0.2) is 91.0 Å². The van der Waals surface area contributed by atoms with Crippen LogP contribution in [0, 0.1) is 197 Å². The fourth-order valence-corrected chi connectivity index (χ4v) is 5.93. The minimum absolute atomic E-state index is 0. The Balaban J connectivity index is -0.000000190. The quantitative estimate of drug-likeness (QED) is 0.0116. The van der Waals surface area contributed by atoms with Crippen molar-refractivity contribution in [1.29, 1.82) is 0 Å². The topological polar surface area (TPSA) is 319 Å². The van der Waals surface area contributed by atoms with Crippen molar-refractivity contribution in [2.24, 2.45) is 0 Å². The van der Waals surface area contributed by atoms with Crippen molar-refractivity contribution in [2.45, 2.75) is 33.0 Å². The van der Waals surface area contributed by atoms with Gasteiger partial charge >= 0.3 is 106 Å². The van der Waals surface area contributed by atoms with E-state index in [2.05, 4.69) is 243 Å². The van der Waals surface area contributed by atoms with E-state index in [9.17, 15) is 50.1 Å². The molecule has 6 aromatic carbocycles. The number of aldehydes is 5. The number of ether oxygens (including phenoxy) is 4. The second-order valence-electron chi connectivity index (χ2n) is 18.5. The molecule has 0 aliphatic heterocycles. The molecule has 0 aliphatic carbocycles. The Kier molecular flexibility index (Phi) is 71.8. The van der Waals surface area contributed by atoms with Crippen LogP contribution in [0.5, 0.6) is 46.0 Å². The van der Waals surface area contributed by atoms with Crippen molar-refractivity contribution < 1.29 is 224 Å². The second kappa shape index (κ2) is 70.8. The average Bonchev–Trinajstić information content (AvgIpc) is 0.858. The van der Waals surface area contributed by atoms with E-state index < -0.39 is 50.2 Å². The third-order valence-corrected chi connectivity index (χ3v) is 11.4. The van der Waals surface area contributed by atoms with Crippen molar-refractivity contribution in [3.8, 4) is 200 Å². The van der Waals surface area contributed by atoms with Gasteiger partial charge in [-0.05, 0) is 182 Å². The number of carbonyl (C=O) groups is 6. The van der Waals surface area contributed by atoms with Crippen LogP contribution in [0.4, 0.5) is 22.0 Å². The Hall–Kier alpha value is -9.28. The average molecular weight is 1870 g/mol. The normalized spacial score (nSPS) is 8.21. The molecule has 0 saturated carbocycles. The predicted octanol–water partition coefficient (Wildman–Crippen LogP) is 6.22. The molecule has 0 heterocycles. The van der Waals surface area contributed by atoms with Gasteiger partial charge in [-0.3, -0.25) is 28.8 Å². The molecular weight excluding hydrogens is 1800 g/mol. The number of alkyl halides is 1. The molecule has 33 heteroatoms. The summed E-state index contributed by atoms with van der Waals surface area (Å²) >= 11 is 12.7. The van der Waals surface area contributed by atoms with Crippen LogP contribution in [0.1, 0.15) is 85.2 Å². The molecule has 0 unspecified atom stereocenters. The largest absolute Gasteiger partial charge is 1.00 e. The SMILES string of the molecule is BrB(Br)Br.BrCc1ccccc1.CC#CC#CC#CC#CC#CC#CC#CC#CC#CC#CC#CC#CC#CC.COc1cc(C=O)c(F)cc1C.COc1cc(C=O)c(F)cc1O.COc1cc(F)c(C=O)cc1OC.CS(C)(=O)(O)OO.Cc1cc(F)c(C=O)cc1O.O=CO[O-].O=Cc1cc(O)c(O)cc1F.[H-].[HH].[K+].[K+]. The van der Waals surface area contributed by atoms with Gasteiger partial charge in [0.15, 0.2) is 65.9 Å². The summed E-state index contributed by atoms with van der Waals surface area (Å²) in [6.45, 7) is 6.49. The van der Waals surface area contributed by atoms with Gasteiger partial charge < -0.3 is 55.5 Å². The first-order valence-electron chi connectivity index (χ1n) is 28.8. The van der Waals surface area contributed by atoms with E-state index >= 15 is 0 Å². The maximum Gasteiger partial charge on any atom is 1.00 e. The molecule has 0 fully saturated rings. The Morgan fingerprint density at radius 3 is 0.955 bits per heavy atom. The molecule has 6 rings (SSSR count). The maximum atomic E-state index is 13.0. The Morgan fingerprint density at radius 2 is 0.679 bits per heavy atom. The monoisotopic (exact) mass is 1860 g/mol. The smallest absolute Gasteiger partial charge is 1.00 e. The van der Waals surface area contributed by atoms with Gasteiger partial charge in [-0.2, -0.15) is 0 Å². The van der Waals surface area contributed by atoms with Crippen molar-refractivity contribution >= 4 is 114 Å². The molecule has 0 saturated heterocycles. The standard InChI is InChI=1S/C28H6.C9H9FO3.C9H9FO2.C8H7FO3.C8H7FO2.C7H7Br.C7H5FO3.C2H8O4S.CH2O3.BBr3.2K.H2.H/c1-3-5-7-9-11-13-15-17-19-21-23-25-27-28-26-24-22-20-18-16-14-12-10-8-6-4-2;1-12-8-3-6(5-11)7(10)4-9(8)13-2;1-6-3-8(10)7(5-11)4-9(6)12-2;1-12-8-2-5(4-10)6(9)3-7(8)11;1-5-2-7(9)6(4-10)3-8(5)11;8-6-7-4-2-1-3-5-7;8-5-2-7(11)6(10)1-4(5)3-9;1-7(2,4,5)6-3;2-1-4-3;2-1(3)4;;;;/h1-2H3;3-5H,1-2H3;3-5H,1-2H3;2-4,11H,1H3;2-4,11H,1H3;1-5H,6H2;1-3,10-11H;3H,1-2H3,(H,4,5);1,3H;;;;1H;/q;;;;;;;;;;2*+1;;-1/p-1. The number of hydrogen-bond donors (Lipinski definition) is 6. The first-order valence-corrected chi connectivity index (χ1v) is 35.3. The molecular formula is C79H62BBr4F5K2O20S. The number of aryl methyl sites for hydroxylation is 2. The minimum atomic E-state index is -4.06. The maximum absolute atomic E-state index is 13.0. The van der Waals surface area contributed by atoms with Crippen LogP contribution in [-0.2, 0) is 29.0 Å². The third kappa shape index (κ3) is 60.4. The number of halogens is 9. The van der Waals surface area contributed by atoms with Gasteiger partial charge in [-0.15, -0.1) is 51.6 Å². The predicted molar refractivity (Wildman–Crippen MR) is 422 cm³/mol. The summed E-state index contributed by atoms with van der Waals surface area (Å²) in [7, 11) is 1.56. The van der Waals surface area contributed by atoms with Gasteiger partial charge in [0.25, 0.3) is 6.47 Å². The van der Waals surface area contributed by atoms with Crippen molar-refractivity contribution in [3.63, 3.8) is 0 Å². The Morgan fingerprint density at radius 1 is 0.438 bits per heavy atom. The van der Waals surface area contributed by atoms with E-state index in [0.29, 0.717) is 53.8 Å². The van der Waals surface area contributed by atoms with E-state index in [1.54, 1.807) is 27.7 Å². The van der Waals surface area contributed by atoms with Crippen LogP contribution in [0.25, 0.3) is 0 Å². The number of methoxy groups -OCH3 is 4. The molecule has 0 radical (unpaired) electrons. The molecule has 0 aromatic heterocycles. The van der Waals surface area contributed by atoms with Gasteiger partial charge in [0.1, 0.15) is 50.2 Å². The first kappa shape index (κ1) is 114. The number of carbonyl (C=O) groups excluding carboxylic acids is 6. The minimum Gasteiger partial charge on any atom is -1.00 e. The Labute approximate surface area is 767 Å². The molecule has 0 spiro atoms. The number of phenols is 4. The zero-order valence-corrected chi connectivity index (χ0v) is 74.5. The third-order valence-electron chi connectivity index (χ3n) is 10.3. The van der Waals surface area contributed by atoms with Gasteiger partial charge in [-0.1, -0.05) is 58.1 Å². The number of aromatic hydroxyl groups is 4. The summed E-state index contributed by atoms with van der Waals surface area (Å²) in [5.41, 5.74) is 1.88. The van der Waals surface area contributed by atoms with Crippen LogP contribution in [0.2, 0.25) is 0 Å². The molecule has 6 aromatic rings. The molecule has 0 atom stereocenters. The number of hydrogen-bond acceptors (Lipinski definition) is 19. The molecule has 0 bridgehead atoms. The fourth-order valence-electron chi connectivity index (χ4n) is 5.56. The van der Waals surface area contributed by atoms with Gasteiger partial charge in [0, 0.05) is 84.8 Å². The van der Waals surface area contributed by atoms with Gasteiger partial charge in [0.2, 0.25) is 0 Å². The number of phenolic OH excluding ortho intramolecular Hbond substituents is 4. The number of benzene rings is 6. The first-order chi connectivity index (χ1) is 52.2. The summed E-state index contributed by atoms with van der Waals surface area (Å²) in [5, 5.41) is 52.6. The summed E-state index contributed by atoms with van der Waals surface area (Å²) in [6, 6.07) is 21.1. The van der Waals surface area contributed by atoms with Crippen molar-refractivity contribution in [2.75, 3.05) is 41.0 Å². The van der Waals surface area contributed by atoms with Crippen molar-refractivity contribution in [3.05, 3.63) is 165 Å². The fraction of sp³-hybridized carbons (Fsp3) is 0.139. The molecule has 6 N–H and O–H groups in total. The van der Waals surface area contributed by atoms with E-state index in [1.807, 2.05) is 18.2 Å². The van der Waals surface area contributed by atoms with Gasteiger partial charge in [0.05, 0.1) is 56.3 Å². The second-order valence-corrected chi connectivity index (χ2v) is 29.0. The van der Waals surface area contributed by atoms with E-state index in [-0.39, 0.29) is 172 Å². The molecule has 0 aliphatic rings. The molecule has 0 amide bonds. The Bertz CT molecular complexity index is 4850. The van der Waals surface area contributed by atoms with Crippen LogP contribution in [-0.4, -0.2) is 116 Å².